The Bertz CT molecular complexity index is 393. The average molecular weight is 234 g/mol. The number of nitrogens with zero attached hydrogens (tertiary/aromatic N) is 2. The lowest BCUT2D eigenvalue weighted by Gasteiger charge is -2.12. The number of aromatic nitrogens is 2. The standard InChI is InChI=1S/C14H22N2O/c1-11(2)16-10-13(9-15-16)14(17)12-7-5-3-4-6-8-12/h7,9-11,14,17H,3-6,8H2,1-2H3. The second-order valence-electron chi connectivity index (χ2n) is 5.13. The Balaban J connectivity index is 2.12. The Kier molecular flexibility index (Phi) is 4.00. The van der Waals surface area contributed by atoms with Gasteiger partial charge in [0.2, 0.25) is 0 Å². The normalized spacial score (nSPS) is 18.9. The summed E-state index contributed by atoms with van der Waals surface area (Å²) in [7, 11) is 0. The minimum absolute atomic E-state index is 0.346. The molecule has 1 N–H and O–H groups in total. The molecule has 0 aliphatic heterocycles. The molecule has 1 atom stereocenters. The van der Waals surface area contributed by atoms with E-state index in [9.17, 15) is 5.11 Å². The van der Waals surface area contributed by atoms with Gasteiger partial charge in [0.15, 0.2) is 0 Å². The molecule has 0 fully saturated rings. The van der Waals surface area contributed by atoms with Gasteiger partial charge in [-0.15, -0.1) is 0 Å². The van der Waals surface area contributed by atoms with Crippen LogP contribution in [0.1, 0.15) is 63.7 Å². The largest absolute Gasteiger partial charge is 0.384 e. The van der Waals surface area contributed by atoms with Crippen molar-refractivity contribution in [3.63, 3.8) is 0 Å². The van der Waals surface area contributed by atoms with E-state index in [1.54, 1.807) is 6.20 Å². The fraction of sp³-hybridized carbons (Fsp3) is 0.643. The molecule has 0 saturated heterocycles. The van der Waals surface area contributed by atoms with Crippen LogP contribution in [0.4, 0.5) is 0 Å². The Morgan fingerprint density at radius 3 is 2.82 bits per heavy atom. The van der Waals surface area contributed by atoms with E-state index in [-0.39, 0.29) is 0 Å². The summed E-state index contributed by atoms with van der Waals surface area (Å²) in [5.41, 5.74) is 2.10. The number of hydrogen-bond donors (Lipinski definition) is 1. The first-order valence-electron chi connectivity index (χ1n) is 6.59. The predicted octanol–water partition coefficient (Wildman–Crippen LogP) is 3.39. The van der Waals surface area contributed by atoms with Gasteiger partial charge >= 0.3 is 0 Å². The molecule has 2 rings (SSSR count). The van der Waals surface area contributed by atoms with Gasteiger partial charge in [0, 0.05) is 17.8 Å². The highest BCUT2D eigenvalue weighted by Crippen LogP contribution is 2.29. The highest BCUT2D eigenvalue weighted by molar-refractivity contribution is 5.22. The molecule has 94 valence electrons. The van der Waals surface area contributed by atoms with E-state index in [4.69, 9.17) is 0 Å². The van der Waals surface area contributed by atoms with E-state index in [0.717, 1.165) is 18.4 Å². The fourth-order valence-corrected chi connectivity index (χ4v) is 2.28. The maximum atomic E-state index is 10.3. The lowest BCUT2D eigenvalue weighted by Crippen LogP contribution is -2.02. The van der Waals surface area contributed by atoms with Crippen LogP contribution in [0.3, 0.4) is 0 Å². The van der Waals surface area contributed by atoms with Crippen molar-refractivity contribution >= 4 is 0 Å². The highest BCUT2D eigenvalue weighted by Gasteiger charge is 2.16. The minimum Gasteiger partial charge on any atom is -0.384 e. The summed E-state index contributed by atoms with van der Waals surface area (Å²) in [4.78, 5) is 0. The zero-order chi connectivity index (χ0) is 12.3. The maximum Gasteiger partial charge on any atom is 0.103 e. The molecule has 1 aromatic rings. The van der Waals surface area contributed by atoms with Crippen LogP contribution in [-0.2, 0) is 0 Å². The second-order valence-corrected chi connectivity index (χ2v) is 5.13. The van der Waals surface area contributed by atoms with E-state index >= 15 is 0 Å². The van der Waals surface area contributed by atoms with Gasteiger partial charge in [0.1, 0.15) is 6.10 Å². The summed E-state index contributed by atoms with van der Waals surface area (Å²) in [5.74, 6) is 0. The summed E-state index contributed by atoms with van der Waals surface area (Å²) in [6, 6.07) is 0.346. The van der Waals surface area contributed by atoms with E-state index in [2.05, 4.69) is 25.0 Å². The van der Waals surface area contributed by atoms with Crippen molar-refractivity contribution in [3.8, 4) is 0 Å². The van der Waals surface area contributed by atoms with E-state index < -0.39 is 6.10 Å². The second kappa shape index (κ2) is 5.50. The summed E-state index contributed by atoms with van der Waals surface area (Å²) in [5, 5.41) is 14.6. The third kappa shape index (κ3) is 2.97. The number of aliphatic hydroxyl groups is 1. The summed E-state index contributed by atoms with van der Waals surface area (Å²) in [6.45, 7) is 4.18. The fourth-order valence-electron chi connectivity index (χ4n) is 2.28. The SMILES string of the molecule is CC(C)n1cc(C(O)C2=CCCCCC2)cn1. The zero-order valence-corrected chi connectivity index (χ0v) is 10.8. The number of allylic oxidation sites excluding steroid dienone is 1. The molecule has 0 radical (unpaired) electrons. The van der Waals surface area contributed by atoms with Crippen LogP contribution in [0.25, 0.3) is 0 Å². The van der Waals surface area contributed by atoms with Gasteiger partial charge in [-0.25, -0.2) is 0 Å². The van der Waals surface area contributed by atoms with Crippen molar-refractivity contribution in [2.45, 2.75) is 58.1 Å². The molecule has 3 heteroatoms. The summed E-state index contributed by atoms with van der Waals surface area (Å²) < 4.78 is 1.90. The van der Waals surface area contributed by atoms with Gasteiger partial charge in [-0.2, -0.15) is 5.10 Å². The summed E-state index contributed by atoms with van der Waals surface area (Å²) >= 11 is 0. The maximum absolute atomic E-state index is 10.3. The molecule has 1 aromatic heterocycles. The number of aliphatic hydroxyl groups excluding tert-OH is 1. The van der Waals surface area contributed by atoms with Crippen molar-refractivity contribution in [2.75, 3.05) is 0 Å². The van der Waals surface area contributed by atoms with Crippen LogP contribution in [0.2, 0.25) is 0 Å². The summed E-state index contributed by atoms with van der Waals surface area (Å²) in [6.07, 6.45) is 11.3. The van der Waals surface area contributed by atoms with Crippen LogP contribution >= 0.6 is 0 Å². The van der Waals surface area contributed by atoms with Gasteiger partial charge in [0.25, 0.3) is 0 Å². The molecule has 1 aliphatic carbocycles. The molecule has 0 saturated carbocycles. The van der Waals surface area contributed by atoms with Crippen LogP contribution in [-0.4, -0.2) is 14.9 Å². The molecule has 0 amide bonds. The zero-order valence-electron chi connectivity index (χ0n) is 10.8. The van der Waals surface area contributed by atoms with Gasteiger partial charge in [-0.3, -0.25) is 4.68 Å². The Morgan fingerprint density at radius 2 is 2.12 bits per heavy atom. The molecule has 0 aromatic carbocycles. The topological polar surface area (TPSA) is 38.0 Å². The molecule has 3 nitrogen and oxygen atoms in total. The van der Waals surface area contributed by atoms with Crippen molar-refractivity contribution in [1.29, 1.82) is 0 Å². The molecule has 1 heterocycles. The lowest BCUT2D eigenvalue weighted by atomic mass is 10.0. The van der Waals surface area contributed by atoms with E-state index in [1.807, 2.05) is 10.9 Å². The van der Waals surface area contributed by atoms with Crippen LogP contribution in [0.15, 0.2) is 24.0 Å². The molecule has 17 heavy (non-hydrogen) atoms. The Morgan fingerprint density at radius 1 is 1.29 bits per heavy atom. The van der Waals surface area contributed by atoms with E-state index in [0.29, 0.717) is 6.04 Å². The van der Waals surface area contributed by atoms with Crippen LogP contribution < -0.4 is 0 Å². The van der Waals surface area contributed by atoms with Gasteiger partial charge in [-0.05, 0) is 45.1 Å². The number of hydrogen-bond acceptors (Lipinski definition) is 2. The van der Waals surface area contributed by atoms with Crippen LogP contribution in [0.5, 0.6) is 0 Å². The molecular formula is C14H22N2O. The molecular weight excluding hydrogens is 212 g/mol. The van der Waals surface area contributed by atoms with Crippen LogP contribution in [0, 0.1) is 0 Å². The monoisotopic (exact) mass is 234 g/mol. The lowest BCUT2D eigenvalue weighted by molar-refractivity contribution is 0.210. The third-order valence-electron chi connectivity index (χ3n) is 3.39. The first kappa shape index (κ1) is 12.4. The van der Waals surface area contributed by atoms with Gasteiger partial charge < -0.3 is 5.11 Å². The Labute approximate surface area is 103 Å². The highest BCUT2D eigenvalue weighted by atomic mass is 16.3. The third-order valence-corrected chi connectivity index (χ3v) is 3.39. The van der Waals surface area contributed by atoms with Crippen molar-refractivity contribution in [3.05, 3.63) is 29.6 Å². The predicted molar refractivity (Wildman–Crippen MR) is 68.7 cm³/mol. The minimum atomic E-state index is -0.458. The number of rotatable bonds is 3. The quantitative estimate of drug-likeness (QED) is 0.814. The molecule has 1 aliphatic rings. The Hall–Kier alpha value is -1.09. The van der Waals surface area contributed by atoms with Crippen molar-refractivity contribution in [1.82, 2.24) is 9.78 Å². The first-order valence-corrected chi connectivity index (χ1v) is 6.59. The first-order chi connectivity index (χ1) is 8.18. The van der Waals surface area contributed by atoms with Crippen molar-refractivity contribution in [2.24, 2.45) is 0 Å². The van der Waals surface area contributed by atoms with Gasteiger partial charge in [-0.1, -0.05) is 12.5 Å². The molecule has 0 bridgehead atoms. The van der Waals surface area contributed by atoms with Crippen molar-refractivity contribution < 1.29 is 5.11 Å². The van der Waals surface area contributed by atoms with E-state index in [1.165, 1.54) is 24.8 Å². The smallest absolute Gasteiger partial charge is 0.103 e. The van der Waals surface area contributed by atoms with Gasteiger partial charge in [0.05, 0.1) is 6.20 Å². The molecule has 0 spiro atoms. The average Bonchev–Trinajstić information content (AvgIpc) is 2.65. The molecule has 1 unspecified atom stereocenters.